The molecule has 0 saturated carbocycles. The van der Waals surface area contributed by atoms with Crippen LogP contribution in [0.4, 0.5) is 0 Å². The van der Waals surface area contributed by atoms with E-state index in [1.54, 1.807) is 45.1 Å². The first-order valence-corrected chi connectivity index (χ1v) is 8.08. The molecule has 2 rings (SSSR count). The highest BCUT2D eigenvalue weighted by molar-refractivity contribution is 6.16. The molecule has 134 valence electrons. The highest BCUT2D eigenvalue weighted by Crippen LogP contribution is 2.32. The monoisotopic (exact) mass is 345 g/mol. The Balaban J connectivity index is 2.46. The van der Waals surface area contributed by atoms with Gasteiger partial charge in [-0.2, -0.15) is 0 Å². The van der Waals surface area contributed by atoms with E-state index >= 15 is 0 Å². The first kappa shape index (κ1) is 18.7. The van der Waals surface area contributed by atoms with Crippen molar-refractivity contribution in [1.29, 1.82) is 0 Å². The fourth-order valence-electron chi connectivity index (χ4n) is 2.68. The van der Waals surface area contributed by atoms with Crippen LogP contribution in [0.5, 0.6) is 5.75 Å². The van der Waals surface area contributed by atoms with Crippen LogP contribution in [0.3, 0.4) is 0 Å². The molecule has 1 aromatic rings. The summed E-state index contributed by atoms with van der Waals surface area (Å²) in [6.07, 6.45) is 1.69. The minimum absolute atomic E-state index is 0.236. The van der Waals surface area contributed by atoms with Crippen molar-refractivity contribution in [2.24, 2.45) is 0 Å². The number of benzene rings is 1. The minimum Gasteiger partial charge on any atom is -0.497 e. The summed E-state index contributed by atoms with van der Waals surface area (Å²) in [5, 5.41) is 0. The Bertz CT molecular complexity index is 720. The molecule has 0 atom stereocenters. The summed E-state index contributed by atoms with van der Waals surface area (Å²) in [5.41, 5.74) is 1.96. The number of nitrogens with zero attached hydrogens (tertiary/aromatic N) is 1. The molecule has 0 unspecified atom stereocenters. The summed E-state index contributed by atoms with van der Waals surface area (Å²) < 4.78 is 15.4. The lowest BCUT2D eigenvalue weighted by Crippen LogP contribution is -2.28. The topological polar surface area (TPSA) is 65.1 Å². The van der Waals surface area contributed by atoms with Crippen LogP contribution in [0.1, 0.15) is 19.4 Å². The zero-order chi connectivity index (χ0) is 18.4. The number of methoxy groups -OCH3 is 2. The quantitative estimate of drug-likeness (QED) is 0.561. The lowest BCUT2D eigenvalue weighted by atomic mass is 10.0. The summed E-state index contributed by atoms with van der Waals surface area (Å²) >= 11 is 0. The van der Waals surface area contributed by atoms with E-state index in [0.29, 0.717) is 35.7 Å². The van der Waals surface area contributed by atoms with E-state index in [1.165, 1.54) is 0 Å². The first-order chi connectivity index (χ1) is 12.0. The number of ether oxygens (including phenoxy) is 3. The number of amides is 1. The second-order valence-electron chi connectivity index (χ2n) is 5.47. The van der Waals surface area contributed by atoms with E-state index in [-0.39, 0.29) is 12.5 Å². The number of carbonyl (C=O) groups is 2. The molecule has 25 heavy (non-hydrogen) atoms. The van der Waals surface area contributed by atoms with Crippen LogP contribution in [-0.2, 0) is 19.1 Å². The maximum absolute atomic E-state index is 12.8. The molecule has 1 aliphatic rings. The summed E-state index contributed by atoms with van der Waals surface area (Å²) in [5.74, 6) is -0.0581. The normalized spacial score (nSPS) is 15.9. The number of hydrogen-bond donors (Lipinski definition) is 0. The van der Waals surface area contributed by atoms with Crippen molar-refractivity contribution in [3.8, 4) is 5.75 Å². The van der Waals surface area contributed by atoms with Crippen molar-refractivity contribution in [2.45, 2.75) is 13.8 Å². The van der Waals surface area contributed by atoms with Gasteiger partial charge >= 0.3 is 5.97 Å². The van der Waals surface area contributed by atoms with Gasteiger partial charge in [0.1, 0.15) is 5.75 Å². The van der Waals surface area contributed by atoms with E-state index in [9.17, 15) is 9.59 Å². The van der Waals surface area contributed by atoms with Crippen molar-refractivity contribution in [2.75, 3.05) is 34.0 Å². The Labute approximate surface area is 147 Å². The van der Waals surface area contributed by atoms with Gasteiger partial charge < -0.3 is 19.1 Å². The second kappa shape index (κ2) is 8.48. The summed E-state index contributed by atoms with van der Waals surface area (Å²) in [6, 6.07) is 7.29. The number of allylic oxidation sites excluding steroid dienone is 1. The Morgan fingerprint density at radius 3 is 2.68 bits per heavy atom. The van der Waals surface area contributed by atoms with Crippen molar-refractivity contribution in [3.05, 3.63) is 46.7 Å². The van der Waals surface area contributed by atoms with Gasteiger partial charge in [-0.1, -0.05) is 12.1 Å². The predicted octanol–water partition coefficient (Wildman–Crippen LogP) is 2.40. The van der Waals surface area contributed by atoms with Gasteiger partial charge in [-0.25, -0.2) is 4.79 Å². The zero-order valence-corrected chi connectivity index (χ0v) is 15.0. The Morgan fingerprint density at radius 1 is 1.28 bits per heavy atom. The molecule has 1 amide bonds. The number of esters is 1. The van der Waals surface area contributed by atoms with Gasteiger partial charge in [-0.3, -0.25) is 4.79 Å². The van der Waals surface area contributed by atoms with Crippen LogP contribution in [0, 0.1) is 0 Å². The van der Waals surface area contributed by atoms with E-state index in [2.05, 4.69) is 0 Å². The Kier molecular flexibility index (Phi) is 6.36. The molecule has 1 aliphatic heterocycles. The fourth-order valence-corrected chi connectivity index (χ4v) is 2.68. The third-order valence-corrected chi connectivity index (χ3v) is 3.91. The highest BCUT2D eigenvalue weighted by Gasteiger charge is 2.36. The first-order valence-electron chi connectivity index (χ1n) is 8.08. The van der Waals surface area contributed by atoms with E-state index in [0.717, 1.165) is 5.56 Å². The standard InChI is InChI=1S/C19H23NO5/c1-5-25-19(22)17-13(2)20(9-10-23-3)18(21)16(17)12-14-7-6-8-15(11-14)24-4/h6-8,11-12H,5,9-10H2,1-4H3. The molecule has 0 fully saturated rings. The van der Waals surface area contributed by atoms with Gasteiger partial charge in [0, 0.05) is 19.4 Å². The fraction of sp³-hybridized carbons (Fsp3) is 0.368. The number of carbonyl (C=O) groups excluding carboxylic acids is 2. The third-order valence-electron chi connectivity index (χ3n) is 3.91. The molecule has 6 nitrogen and oxygen atoms in total. The molecule has 0 spiro atoms. The predicted molar refractivity (Wildman–Crippen MR) is 93.9 cm³/mol. The maximum Gasteiger partial charge on any atom is 0.340 e. The van der Waals surface area contributed by atoms with Gasteiger partial charge in [0.2, 0.25) is 0 Å². The summed E-state index contributed by atoms with van der Waals surface area (Å²) in [7, 11) is 3.15. The zero-order valence-electron chi connectivity index (χ0n) is 15.0. The molecule has 0 N–H and O–H groups in total. The summed E-state index contributed by atoms with van der Waals surface area (Å²) in [6.45, 7) is 4.48. The highest BCUT2D eigenvalue weighted by atomic mass is 16.5. The van der Waals surface area contributed by atoms with E-state index in [4.69, 9.17) is 14.2 Å². The van der Waals surface area contributed by atoms with Crippen molar-refractivity contribution in [3.63, 3.8) is 0 Å². The lowest BCUT2D eigenvalue weighted by Gasteiger charge is -2.16. The molecule has 0 radical (unpaired) electrons. The van der Waals surface area contributed by atoms with Crippen LogP contribution in [0.25, 0.3) is 6.08 Å². The van der Waals surface area contributed by atoms with Crippen LogP contribution >= 0.6 is 0 Å². The summed E-state index contributed by atoms with van der Waals surface area (Å²) in [4.78, 5) is 26.8. The van der Waals surface area contributed by atoms with Crippen molar-refractivity contribution < 1.29 is 23.8 Å². The molecule has 0 aromatic heterocycles. The Hall–Kier alpha value is -2.60. The molecule has 0 saturated heterocycles. The van der Waals surface area contributed by atoms with Gasteiger partial charge in [-0.05, 0) is 37.6 Å². The van der Waals surface area contributed by atoms with Gasteiger partial charge in [0.25, 0.3) is 5.91 Å². The number of rotatable bonds is 7. The average Bonchev–Trinajstić information content (AvgIpc) is 2.84. The van der Waals surface area contributed by atoms with Crippen LogP contribution in [0.15, 0.2) is 41.1 Å². The molecule has 1 heterocycles. The SMILES string of the molecule is CCOC(=O)C1=C(C)N(CCOC)C(=O)C1=Cc1cccc(OC)c1. The smallest absolute Gasteiger partial charge is 0.340 e. The molecular weight excluding hydrogens is 322 g/mol. The average molecular weight is 345 g/mol. The Morgan fingerprint density at radius 2 is 2.04 bits per heavy atom. The van der Waals surface area contributed by atoms with Gasteiger partial charge in [-0.15, -0.1) is 0 Å². The van der Waals surface area contributed by atoms with E-state index < -0.39 is 5.97 Å². The van der Waals surface area contributed by atoms with Crippen LogP contribution in [-0.4, -0.2) is 50.8 Å². The van der Waals surface area contributed by atoms with Crippen molar-refractivity contribution >= 4 is 18.0 Å². The molecular formula is C19H23NO5. The molecule has 6 heteroatoms. The second-order valence-corrected chi connectivity index (χ2v) is 5.47. The van der Waals surface area contributed by atoms with Crippen LogP contribution in [0.2, 0.25) is 0 Å². The number of hydrogen-bond acceptors (Lipinski definition) is 5. The van der Waals surface area contributed by atoms with Crippen molar-refractivity contribution in [1.82, 2.24) is 4.90 Å². The molecule has 1 aromatic carbocycles. The van der Waals surface area contributed by atoms with Crippen LogP contribution < -0.4 is 4.74 Å². The molecule has 0 bridgehead atoms. The van der Waals surface area contributed by atoms with Gasteiger partial charge in [0.05, 0.1) is 31.5 Å². The van der Waals surface area contributed by atoms with E-state index in [1.807, 2.05) is 18.2 Å². The molecule has 0 aliphatic carbocycles. The third kappa shape index (κ3) is 4.09. The lowest BCUT2D eigenvalue weighted by molar-refractivity contribution is -0.138. The maximum atomic E-state index is 12.8. The van der Waals surface area contributed by atoms with Gasteiger partial charge in [0.15, 0.2) is 0 Å². The largest absolute Gasteiger partial charge is 0.497 e. The minimum atomic E-state index is -0.498.